The van der Waals surface area contributed by atoms with Gasteiger partial charge in [0.2, 0.25) is 0 Å². The molecule has 12 radical (unpaired) electrons. The minimum absolute atomic E-state index is 0.0000404. The zero-order valence-electron chi connectivity index (χ0n) is 27.8. The molecule has 0 amide bonds. The van der Waals surface area contributed by atoms with Gasteiger partial charge in [-0.05, 0) is 70.5 Å². The highest BCUT2D eigenvalue weighted by Gasteiger charge is 2.72. The van der Waals surface area contributed by atoms with E-state index in [4.69, 9.17) is 69.2 Å². The van der Waals surface area contributed by atoms with Crippen LogP contribution in [0.1, 0.15) is 72.6 Å². The Morgan fingerprint density at radius 1 is 0.894 bits per heavy atom. The maximum absolute atomic E-state index is 13.4. The van der Waals surface area contributed by atoms with Crippen LogP contribution in [0, 0.1) is 23.2 Å². The van der Waals surface area contributed by atoms with E-state index in [1.807, 2.05) is 6.08 Å². The van der Waals surface area contributed by atoms with E-state index in [-0.39, 0.29) is 18.4 Å². The standard InChI is InChI=1S/C33H42B6O7S/c1-5-16(3)26(43)45-24-25(46-27(44)17(4)6-2)32(37,47)13-19-18-7-8-20-29(34)11-10-22(41)33(38,39)21(29)9-12-30(20,35)31(18,36)14-23(42)28(19,24)15-40/h5-7,19-25,40-42,47H,8-15H2,1-4H3/b16-5-,17-6-/t19?,20?,21?,22-,23+,24-,25-,28-,29-,30-,31-,32+/m0/s1. The minimum Gasteiger partial charge on any atom is -0.454 e. The largest absolute Gasteiger partial charge is 0.454 e. The first-order valence-corrected chi connectivity index (χ1v) is 17.0. The zero-order chi connectivity index (χ0) is 35.1. The Morgan fingerprint density at radius 2 is 1.47 bits per heavy atom. The molecule has 0 spiro atoms. The van der Waals surface area contributed by atoms with Gasteiger partial charge in [-0.3, -0.25) is 0 Å². The van der Waals surface area contributed by atoms with Gasteiger partial charge in [-0.15, -0.1) is 0 Å². The normalized spacial score (nSPS) is 47.7. The lowest BCUT2D eigenvalue weighted by Gasteiger charge is -2.73. The number of carbonyl (C=O) groups is 2. The number of aliphatic hydroxyl groups is 3. The first-order valence-electron chi connectivity index (χ1n) is 16.5. The average molecular weight is 648 g/mol. The van der Waals surface area contributed by atoms with Crippen LogP contribution in [0.2, 0.25) is 21.2 Å². The molecule has 4 saturated carbocycles. The van der Waals surface area contributed by atoms with Crippen molar-refractivity contribution in [2.45, 2.75) is 123 Å². The molecule has 12 atom stereocenters. The van der Waals surface area contributed by atoms with E-state index in [0.717, 1.165) is 0 Å². The van der Waals surface area contributed by atoms with Crippen LogP contribution in [0.15, 0.2) is 34.9 Å². The van der Waals surface area contributed by atoms with E-state index in [9.17, 15) is 24.9 Å². The predicted molar refractivity (Wildman–Crippen MR) is 188 cm³/mol. The number of aliphatic hydroxyl groups excluding tert-OH is 3. The van der Waals surface area contributed by atoms with Crippen molar-refractivity contribution in [1.82, 2.24) is 0 Å². The van der Waals surface area contributed by atoms with Gasteiger partial charge in [0, 0.05) is 21.9 Å². The third kappa shape index (κ3) is 5.18. The number of thiol groups is 1. The van der Waals surface area contributed by atoms with Gasteiger partial charge in [-0.1, -0.05) is 64.8 Å². The number of carbonyl (C=O) groups excluding carboxylic acids is 2. The molecular formula is C33H42B6O7S. The average Bonchev–Trinajstić information content (AvgIpc) is 3.00. The summed E-state index contributed by atoms with van der Waals surface area (Å²) in [5.41, 5.74) is -0.365. The lowest BCUT2D eigenvalue weighted by Crippen LogP contribution is -2.72. The SMILES string of the molecule is [B]C1([B])C2CC[C@]3([B])C(CC=C4C5C[C@@]([B])(S)[C@@H](OC(=O)/C(C)=C\C)[C@H](OC(=O)/C(C)=C\C)[C@]5(CO)[C@H](O)C[C@]43[B])[C@@]2([B])CC[C@@H]1O. The monoisotopic (exact) mass is 648 g/mol. The highest BCUT2D eigenvalue weighted by molar-refractivity contribution is 7.83. The Morgan fingerprint density at radius 3 is 2.02 bits per heavy atom. The Labute approximate surface area is 292 Å². The van der Waals surface area contributed by atoms with Crippen LogP contribution in [0.25, 0.3) is 0 Å². The molecular weight excluding hydrogens is 605 g/mol. The lowest BCUT2D eigenvalue weighted by atomic mass is 9.20. The van der Waals surface area contributed by atoms with E-state index >= 15 is 0 Å². The van der Waals surface area contributed by atoms with Crippen LogP contribution in [-0.2, 0) is 19.1 Å². The summed E-state index contributed by atoms with van der Waals surface area (Å²) in [5, 5.41) is 29.4. The fourth-order valence-electron chi connectivity index (χ4n) is 9.89. The van der Waals surface area contributed by atoms with Crippen LogP contribution in [0.5, 0.6) is 0 Å². The van der Waals surface area contributed by atoms with Gasteiger partial charge < -0.3 is 24.8 Å². The second kappa shape index (κ2) is 12.2. The van der Waals surface area contributed by atoms with Gasteiger partial charge in [0.1, 0.15) is 6.10 Å². The van der Waals surface area contributed by atoms with E-state index in [2.05, 4.69) is 0 Å². The molecule has 0 aromatic rings. The van der Waals surface area contributed by atoms with Gasteiger partial charge in [-0.2, -0.15) is 12.6 Å². The van der Waals surface area contributed by atoms with Crippen molar-refractivity contribution in [3.05, 3.63) is 34.9 Å². The maximum Gasteiger partial charge on any atom is 0.333 e. The van der Waals surface area contributed by atoms with Gasteiger partial charge in [0.25, 0.3) is 0 Å². The van der Waals surface area contributed by atoms with E-state index in [1.54, 1.807) is 39.8 Å². The number of hydrogen-bond acceptors (Lipinski definition) is 8. The molecule has 5 rings (SSSR count). The van der Waals surface area contributed by atoms with Crippen LogP contribution in [0.3, 0.4) is 0 Å². The molecule has 0 aliphatic heterocycles. The molecule has 0 bridgehead atoms. The summed E-state index contributed by atoms with van der Waals surface area (Å²) in [7, 11) is 42.0. The summed E-state index contributed by atoms with van der Waals surface area (Å²) >= 11 is 4.80. The summed E-state index contributed by atoms with van der Waals surface area (Å²) in [4.78, 5) is 26.5. The van der Waals surface area contributed by atoms with Gasteiger partial charge in [0.05, 0.1) is 65.2 Å². The Kier molecular flexibility index (Phi) is 9.64. The van der Waals surface area contributed by atoms with E-state index in [1.165, 1.54) is 0 Å². The summed E-state index contributed by atoms with van der Waals surface area (Å²) < 4.78 is 10.4. The summed E-state index contributed by atoms with van der Waals surface area (Å²) in [6, 6.07) is 0. The number of hydrogen-bond donors (Lipinski definition) is 4. The number of esters is 2. The van der Waals surface area contributed by atoms with Crippen LogP contribution in [-0.4, -0.2) is 110 Å². The smallest absolute Gasteiger partial charge is 0.333 e. The summed E-state index contributed by atoms with van der Waals surface area (Å²) in [6.45, 7) is 5.85. The van der Waals surface area contributed by atoms with Crippen molar-refractivity contribution in [2.24, 2.45) is 23.2 Å². The molecule has 5 aliphatic carbocycles. The third-order valence-electron chi connectivity index (χ3n) is 13.0. The minimum atomic E-state index is -1.59. The topological polar surface area (TPSA) is 113 Å². The second-order valence-electron chi connectivity index (χ2n) is 15.1. The van der Waals surface area contributed by atoms with Crippen molar-refractivity contribution < 1.29 is 34.4 Å². The van der Waals surface area contributed by atoms with Gasteiger partial charge in [-0.25, -0.2) is 9.59 Å². The lowest BCUT2D eigenvalue weighted by molar-refractivity contribution is -0.225. The van der Waals surface area contributed by atoms with E-state index in [0.29, 0.717) is 43.3 Å². The number of allylic oxidation sites excluding steroid dienone is 4. The Hall–Kier alpha value is -1.22. The molecule has 47 heavy (non-hydrogen) atoms. The molecule has 3 N–H and O–H groups in total. The summed E-state index contributed by atoms with van der Waals surface area (Å²) in [6.07, 6.45) is 1.82. The fraction of sp³-hybridized carbons (Fsp3) is 0.758. The fourth-order valence-corrected chi connectivity index (χ4v) is 10.3. The summed E-state index contributed by atoms with van der Waals surface area (Å²) in [5.74, 6) is -3.04. The maximum atomic E-state index is 13.4. The molecule has 0 saturated heterocycles. The molecule has 5 aliphatic rings. The quantitative estimate of drug-likeness (QED) is 0.119. The molecule has 7 nitrogen and oxygen atoms in total. The van der Waals surface area contributed by atoms with Crippen molar-refractivity contribution in [2.75, 3.05) is 6.61 Å². The highest BCUT2D eigenvalue weighted by Crippen LogP contribution is 2.81. The molecule has 0 aromatic heterocycles. The van der Waals surface area contributed by atoms with E-state index < -0.39 is 91.9 Å². The Bertz CT molecular complexity index is 1400. The van der Waals surface area contributed by atoms with Crippen LogP contribution in [0.4, 0.5) is 0 Å². The van der Waals surface area contributed by atoms with Crippen LogP contribution >= 0.6 is 12.6 Å². The Balaban J connectivity index is 1.65. The molecule has 0 aromatic carbocycles. The molecule has 3 unspecified atom stereocenters. The number of ether oxygens (including phenoxy) is 2. The number of fused-ring (bicyclic) bond motifs is 7. The van der Waals surface area contributed by atoms with Gasteiger partial charge in [0.15, 0.2) is 6.10 Å². The zero-order valence-corrected chi connectivity index (χ0v) is 28.7. The number of rotatable bonds is 5. The predicted octanol–water partition coefficient (Wildman–Crippen LogP) is 2.25. The second-order valence-corrected chi connectivity index (χ2v) is 15.9. The van der Waals surface area contributed by atoms with Crippen LogP contribution < -0.4 is 0 Å². The molecule has 0 heterocycles. The van der Waals surface area contributed by atoms with Crippen molar-refractivity contribution in [3.63, 3.8) is 0 Å². The first kappa shape index (κ1) is 37.0. The molecule has 14 heteroatoms. The van der Waals surface area contributed by atoms with Crippen molar-refractivity contribution in [3.8, 4) is 0 Å². The highest BCUT2D eigenvalue weighted by atomic mass is 32.1. The van der Waals surface area contributed by atoms with Gasteiger partial charge >= 0.3 is 11.9 Å². The molecule has 4 fully saturated rings. The third-order valence-corrected chi connectivity index (χ3v) is 13.4. The molecule has 240 valence electrons. The van der Waals surface area contributed by atoms with Crippen molar-refractivity contribution >= 4 is 71.6 Å². The van der Waals surface area contributed by atoms with Crippen molar-refractivity contribution in [1.29, 1.82) is 0 Å². The first-order chi connectivity index (χ1) is 21.7.